The maximum Gasteiger partial charge on any atom is -1.00 e. The van der Waals surface area contributed by atoms with Crippen molar-refractivity contribution in [1.82, 2.24) is 0 Å². The van der Waals surface area contributed by atoms with Gasteiger partial charge in [-0.15, -0.1) is 0 Å². The summed E-state index contributed by atoms with van der Waals surface area (Å²) in [6, 6.07) is 0. The molecule has 0 bridgehead atoms. The van der Waals surface area contributed by atoms with Crippen LogP contribution in [0.1, 0.15) is 20.3 Å². The van der Waals surface area contributed by atoms with Crippen molar-refractivity contribution in [3.05, 3.63) is 21.0 Å². The van der Waals surface area contributed by atoms with Gasteiger partial charge in [0.05, 0.1) is 0 Å². The first kappa shape index (κ1) is 14.5. The molecule has 0 aliphatic heterocycles. The van der Waals surface area contributed by atoms with Gasteiger partial charge in [0.25, 0.3) is 0 Å². The fourth-order valence-corrected chi connectivity index (χ4v) is 2.27. The molecular formula is C8H11Cl2Zr. The molecule has 0 amide bonds. The molecule has 0 unspecified atom stereocenters. The van der Waals surface area contributed by atoms with Crippen LogP contribution in [-0.2, 0) is 24.7 Å². The van der Waals surface area contributed by atoms with Gasteiger partial charge in [0.2, 0.25) is 0 Å². The van der Waals surface area contributed by atoms with Gasteiger partial charge in [-0.2, -0.15) is 0 Å². The maximum absolute atomic E-state index is 2.27. The molecule has 0 heterocycles. The third-order valence-electron chi connectivity index (χ3n) is 1.59. The summed E-state index contributed by atoms with van der Waals surface area (Å²) in [5.74, 6) is 0.734. The molecular weight excluding hydrogens is 258 g/mol. The van der Waals surface area contributed by atoms with Crippen LogP contribution in [0.25, 0.3) is 0 Å². The minimum Gasteiger partial charge on any atom is -1.00 e. The van der Waals surface area contributed by atoms with E-state index in [0.29, 0.717) is 0 Å². The summed E-state index contributed by atoms with van der Waals surface area (Å²) < 4.78 is 1.64. The largest absolute Gasteiger partial charge is 1.00 e. The molecule has 0 nitrogen and oxygen atoms in total. The van der Waals surface area contributed by atoms with E-state index in [2.05, 4.69) is 26.0 Å². The van der Waals surface area contributed by atoms with Gasteiger partial charge in [-0.25, -0.2) is 0 Å². The van der Waals surface area contributed by atoms with Gasteiger partial charge in [-0.05, 0) is 0 Å². The number of halogens is 2. The molecule has 0 aromatic carbocycles. The Balaban J connectivity index is 0. The van der Waals surface area contributed by atoms with E-state index in [9.17, 15) is 0 Å². The van der Waals surface area contributed by atoms with Gasteiger partial charge >= 0.3 is 71.9 Å². The predicted molar refractivity (Wildman–Crippen MR) is 35.6 cm³/mol. The zero-order valence-corrected chi connectivity index (χ0v) is 10.7. The Morgan fingerprint density at radius 3 is 2.09 bits per heavy atom. The summed E-state index contributed by atoms with van der Waals surface area (Å²) in [6.07, 6.45) is 5.75. The molecule has 0 atom stereocenters. The molecule has 0 fully saturated rings. The Morgan fingerprint density at radius 1 is 1.36 bits per heavy atom. The van der Waals surface area contributed by atoms with Crippen LogP contribution in [0.15, 0.2) is 21.0 Å². The van der Waals surface area contributed by atoms with Crippen LogP contribution in [0.3, 0.4) is 0 Å². The summed E-state index contributed by atoms with van der Waals surface area (Å²) >= 11 is 1.59. The standard InChI is InChI=1S/C8H11.2ClH.Zr/c1-7(2)8-5-3-4-6-8;;;/h3,5,7H,4H2,1-2H3;2*1H;/q;;;+2/p-2. The second kappa shape index (κ2) is 6.46. The first-order valence-electron chi connectivity index (χ1n) is 3.33. The van der Waals surface area contributed by atoms with Crippen molar-refractivity contribution in [2.24, 2.45) is 5.92 Å². The van der Waals surface area contributed by atoms with E-state index in [1.165, 1.54) is 6.42 Å². The second-order valence-corrected chi connectivity index (χ2v) is 4.18. The topological polar surface area (TPSA) is 0 Å². The van der Waals surface area contributed by atoms with E-state index in [1.54, 1.807) is 33.6 Å². The molecule has 1 rings (SSSR count). The minimum absolute atomic E-state index is 0. The summed E-state index contributed by atoms with van der Waals surface area (Å²) in [4.78, 5) is 0. The molecule has 0 aromatic rings. The summed E-state index contributed by atoms with van der Waals surface area (Å²) in [5, 5.41) is 0. The van der Waals surface area contributed by atoms with Gasteiger partial charge in [-0.1, -0.05) is 0 Å². The normalized spacial score (nSPS) is 15.0. The molecule has 0 aromatic heterocycles. The molecule has 0 N–H and O–H groups in total. The average molecular weight is 269 g/mol. The van der Waals surface area contributed by atoms with Crippen LogP contribution in [0.5, 0.6) is 0 Å². The van der Waals surface area contributed by atoms with Crippen molar-refractivity contribution in [2.75, 3.05) is 0 Å². The summed E-state index contributed by atoms with van der Waals surface area (Å²) in [7, 11) is 0. The third-order valence-corrected chi connectivity index (χ3v) is 2.80. The fraction of sp³-hybridized carbons (Fsp3) is 0.500. The molecule has 1 aliphatic rings. The Labute approximate surface area is 96.2 Å². The van der Waals surface area contributed by atoms with E-state index < -0.39 is 0 Å². The van der Waals surface area contributed by atoms with Crippen LogP contribution in [0.4, 0.5) is 0 Å². The van der Waals surface area contributed by atoms with Crippen LogP contribution < -0.4 is 24.8 Å². The number of hydrogen-bond acceptors (Lipinski definition) is 0. The smallest absolute Gasteiger partial charge is 1.00 e. The maximum atomic E-state index is 2.27. The molecule has 11 heavy (non-hydrogen) atoms. The molecule has 0 radical (unpaired) electrons. The first-order valence-corrected chi connectivity index (χ1v) is 4.56. The third kappa shape index (κ3) is 3.92. The van der Waals surface area contributed by atoms with Crippen molar-refractivity contribution >= 4 is 0 Å². The summed E-state index contributed by atoms with van der Waals surface area (Å²) in [5.41, 5.74) is 1.58. The Kier molecular flexibility index (Phi) is 8.49. The van der Waals surface area contributed by atoms with Gasteiger partial charge in [0.1, 0.15) is 0 Å². The van der Waals surface area contributed by atoms with Gasteiger partial charge < -0.3 is 24.8 Å². The van der Waals surface area contributed by atoms with E-state index in [-0.39, 0.29) is 24.8 Å². The van der Waals surface area contributed by atoms with Crippen LogP contribution in [0.2, 0.25) is 0 Å². The molecule has 0 saturated carbocycles. The molecule has 3 heteroatoms. The zero-order chi connectivity index (χ0) is 6.85. The quantitative estimate of drug-likeness (QED) is 0.462. The Morgan fingerprint density at radius 2 is 1.91 bits per heavy atom. The Bertz CT molecular complexity index is 171. The van der Waals surface area contributed by atoms with E-state index in [0.717, 1.165) is 5.92 Å². The van der Waals surface area contributed by atoms with Gasteiger partial charge in [0, 0.05) is 0 Å². The number of hydrogen-bond donors (Lipinski definition) is 0. The van der Waals surface area contributed by atoms with E-state index in [4.69, 9.17) is 0 Å². The zero-order valence-electron chi connectivity index (χ0n) is 6.70. The second-order valence-electron chi connectivity index (χ2n) is 2.70. The van der Waals surface area contributed by atoms with Crippen molar-refractivity contribution in [3.63, 3.8) is 0 Å². The van der Waals surface area contributed by atoms with Crippen LogP contribution in [0, 0.1) is 5.92 Å². The monoisotopic (exact) mass is 267 g/mol. The van der Waals surface area contributed by atoms with Crippen molar-refractivity contribution < 1.29 is 49.5 Å². The van der Waals surface area contributed by atoms with Crippen LogP contribution in [-0.4, -0.2) is 0 Å². The molecule has 61 valence electrons. The van der Waals surface area contributed by atoms with Crippen molar-refractivity contribution in [2.45, 2.75) is 20.3 Å². The van der Waals surface area contributed by atoms with Crippen molar-refractivity contribution in [1.29, 1.82) is 0 Å². The minimum atomic E-state index is 0. The number of allylic oxidation sites excluding steroid dienone is 4. The molecule has 0 saturated heterocycles. The summed E-state index contributed by atoms with van der Waals surface area (Å²) in [6.45, 7) is 4.52. The first-order chi connectivity index (χ1) is 4.22. The van der Waals surface area contributed by atoms with Crippen LogP contribution >= 0.6 is 0 Å². The van der Waals surface area contributed by atoms with Crippen molar-refractivity contribution in [3.8, 4) is 0 Å². The average Bonchev–Trinajstić information content (AvgIpc) is 2.13. The predicted octanol–water partition coefficient (Wildman–Crippen LogP) is -3.59. The fourth-order valence-electron chi connectivity index (χ4n) is 1.06. The SMILES string of the molecule is CC(C)C1=[C]([Zr+2])CC=C1.[Cl-].[Cl-]. The van der Waals surface area contributed by atoms with Gasteiger partial charge in [0.15, 0.2) is 0 Å². The van der Waals surface area contributed by atoms with Gasteiger partial charge in [-0.3, -0.25) is 0 Å². The number of rotatable bonds is 1. The molecule has 1 aliphatic carbocycles. The van der Waals surface area contributed by atoms with E-state index >= 15 is 0 Å². The molecule has 0 spiro atoms. The van der Waals surface area contributed by atoms with E-state index in [1.807, 2.05) is 0 Å². The Hall–Kier alpha value is 0.943.